The van der Waals surface area contributed by atoms with Crippen LogP contribution in [0.5, 0.6) is 0 Å². The Morgan fingerprint density at radius 1 is 1.06 bits per heavy atom. The maximum Gasteiger partial charge on any atom is 0.303 e. The van der Waals surface area contributed by atoms with Crippen LogP contribution < -0.4 is 5.32 Å². The zero-order valence-corrected chi connectivity index (χ0v) is 19.4. The van der Waals surface area contributed by atoms with Crippen molar-refractivity contribution in [3.8, 4) is 0 Å². The molecule has 6 rings (SSSR count). The van der Waals surface area contributed by atoms with Crippen LogP contribution in [0, 0.1) is 5.92 Å². The molecular weight excluding hydrogens is 473 g/mol. The molecule has 11 nitrogen and oxygen atoms in total. The van der Waals surface area contributed by atoms with Crippen molar-refractivity contribution < 1.29 is 33.0 Å². The molecule has 1 N–H and O–H groups in total. The number of rotatable bonds is 5. The van der Waals surface area contributed by atoms with Gasteiger partial charge in [0, 0.05) is 25.3 Å². The van der Waals surface area contributed by atoms with E-state index >= 15 is 4.39 Å². The Morgan fingerprint density at radius 3 is 2.47 bits per heavy atom. The van der Waals surface area contributed by atoms with Crippen LogP contribution in [0.15, 0.2) is 43.0 Å². The molecule has 0 bridgehead atoms. The van der Waals surface area contributed by atoms with E-state index in [1.165, 1.54) is 31.1 Å². The highest BCUT2D eigenvalue weighted by Gasteiger charge is 2.83. The number of imidazole rings is 1. The normalized spacial score (nSPS) is 32.0. The van der Waals surface area contributed by atoms with Crippen molar-refractivity contribution in [3.63, 3.8) is 0 Å². The van der Waals surface area contributed by atoms with Crippen molar-refractivity contribution in [2.24, 2.45) is 5.92 Å². The number of benzene rings is 1. The average Bonchev–Trinajstić information content (AvgIpc) is 3.11. The van der Waals surface area contributed by atoms with Crippen molar-refractivity contribution in [2.75, 3.05) is 5.32 Å². The Labute approximate surface area is 204 Å². The fourth-order valence-corrected chi connectivity index (χ4v) is 5.71. The van der Waals surface area contributed by atoms with Gasteiger partial charge in [-0.3, -0.25) is 19.0 Å². The van der Waals surface area contributed by atoms with E-state index in [0.717, 1.165) is 0 Å². The average molecular weight is 495 g/mol. The second kappa shape index (κ2) is 7.79. The second-order valence-corrected chi connectivity index (χ2v) is 9.38. The minimum atomic E-state index is -1.79. The molecule has 2 aliphatic carbocycles. The molecule has 186 valence electrons. The molecule has 0 radical (unpaired) electrons. The second-order valence-electron chi connectivity index (χ2n) is 9.38. The zero-order chi connectivity index (χ0) is 25.2. The first-order chi connectivity index (χ1) is 17.2. The standard InChI is InChI=1S/C24H22FN5O6/c1-12(31)35-23-8-15(23)9-24(36-13(2)32)17(25)21(34-22(23)24)30-11-28-16-18(26-10-27-19(16)30)29-20(33)14-6-4-3-5-7-14/h3-7,10-11,15,17,21-22H,8-9H2,1-2H3,(H,26,27,29,33)/t15-,17+,21-,22+,23+,24-/m0/s1. The summed E-state index contributed by atoms with van der Waals surface area (Å²) >= 11 is 0. The summed E-state index contributed by atoms with van der Waals surface area (Å²) in [6.45, 7) is 2.48. The molecule has 1 aromatic carbocycles. The summed E-state index contributed by atoms with van der Waals surface area (Å²) in [5, 5.41) is 2.70. The molecule has 1 saturated heterocycles. The van der Waals surface area contributed by atoms with E-state index in [1.54, 1.807) is 30.3 Å². The van der Waals surface area contributed by atoms with Crippen LogP contribution in [0.4, 0.5) is 10.2 Å². The van der Waals surface area contributed by atoms with E-state index in [-0.39, 0.29) is 29.3 Å². The summed E-state index contributed by atoms with van der Waals surface area (Å²) in [4.78, 5) is 49.1. The third-order valence-electron chi connectivity index (χ3n) is 7.11. The fraction of sp³-hybridized carbons (Fsp3) is 0.417. The molecule has 2 aromatic heterocycles. The molecule has 1 aliphatic heterocycles. The SMILES string of the molecule is CC(=O)O[C@]12C[C@H]1C[C@@]1(OC(C)=O)[C@@H]2O[C@H](n2cnc3c(NC(=O)c4ccccc4)ncnc32)[C@H]1F. The summed E-state index contributed by atoms with van der Waals surface area (Å²) in [5.41, 5.74) is -1.77. The quantitative estimate of drug-likeness (QED) is 0.529. The number of ether oxygens (including phenoxy) is 3. The van der Waals surface area contributed by atoms with Crippen LogP contribution in [-0.2, 0) is 23.8 Å². The van der Waals surface area contributed by atoms with Crippen LogP contribution in [0.25, 0.3) is 11.2 Å². The molecule has 36 heavy (non-hydrogen) atoms. The number of aromatic nitrogens is 4. The van der Waals surface area contributed by atoms with Crippen molar-refractivity contribution in [1.29, 1.82) is 0 Å². The van der Waals surface area contributed by atoms with E-state index in [2.05, 4.69) is 20.3 Å². The van der Waals surface area contributed by atoms with Gasteiger partial charge in [-0.05, 0) is 25.0 Å². The number of fused-ring (bicyclic) bond motifs is 4. The summed E-state index contributed by atoms with van der Waals surface area (Å²) in [6, 6.07) is 8.58. The third-order valence-corrected chi connectivity index (χ3v) is 7.11. The van der Waals surface area contributed by atoms with E-state index in [9.17, 15) is 14.4 Å². The topological polar surface area (TPSA) is 135 Å². The van der Waals surface area contributed by atoms with Gasteiger partial charge >= 0.3 is 11.9 Å². The van der Waals surface area contributed by atoms with E-state index in [4.69, 9.17) is 14.2 Å². The summed E-state index contributed by atoms with van der Waals surface area (Å²) in [5.74, 6) is -1.58. The number of esters is 2. The largest absolute Gasteiger partial charge is 0.456 e. The van der Waals surface area contributed by atoms with Gasteiger partial charge in [-0.15, -0.1) is 0 Å². The molecule has 1 amide bonds. The number of alkyl halides is 1. The number of carbonyl (C=O) groups excluding carboxylic acids is 3. The van der Waals surface area contributed by atoms with Gasteiger partial charge in [0.25, 0.3) is 5.91 Å². The summed E-state index contributed by atoms with van der Waals surface area (Å²) in [6.07, 6.45) is -0.810. The molecule has 3 fully saturated rings. The van der Waals surface area contributed by atoms with Crippen molar-refractivity contribution in [1.82, 2.24) is 19.5 Å². The number of halogens is 1. The van der Waals surface area contributed by atoms with Crippen molar-refractivity contribution >= 4 is 34.8 Å². The van der Waals surface area contributed by atoms with Gasteiger partial charge in [0.2, 0.25) is 0 Å². The van der Waals surface area contributed by atoms with Crippen LogP contribution >= 0.6 is 0 Å². The summed E-state index contributed by atoms with van der Waals surface area (Å²) < 4.78 is 34.8. The van der Waals surface area contributed by atoms with Crippen LogP contribution in [0.2, 0.25) is 0 Å². The number of nitrogens with zero attached hydrogens (tertiary/aromatic N) is 4. The number of hydrogen-bond donors (Lipinski definition) is 1. The van der Waals surface area contributed by atoms with Crippen LogP contribution in [-0.4, -0.2) is 60.8 Å². The monoisotopic (exact) mass is 495 g/mol. The smallest absolute Gasteiger partial charge is 0.303 e. The predicted molar refractivity (Wildman–Crippen MR) is 120 cm³/mol. The van der Waals surface area contributed by atoms with Gasteiger partial charge in [0.05, 0.1) is 6.33 Å². The first-order valence-corrected chi connectivity index (χ1v) is 11.5. The van der Waals surface area contributed by atoms with Crippen LogP contribution in [0.3, 0.4) is 0 Å². The minimum Gasteiger partial charge on any atom is -0.456 e. The molecule has 3 heterocycles. The van der Waals surface area contributed by atoms with Gasteiger partial charge in [0.15, 0.2) is 35.0 Å². The molecular formula is C24H22FN5O6. The molecule has 2 saturated carbocycles. The lowest BCUT2D eigenvalue weighted by atomic mass is 9.90. The lowest BCUT2D eigenvalue weighted by molar-refractivity contribution is -0.179. The van der Waals surface area contributed by atoms with Gasteiger partial charge in [-0.2, -0.15) is 0 Å². The van der Waals surface area contributed by atoms with Gasteiger partial charge in [-0.25, -0.2) is 19.3 Å². The highest BCUT2D eigenvalue weighted by Crippen LogP contribution is 2.69. The molecule has 3 aromatic rings. The van der Waals surface area contributed by atoms with Crippen molar-refractivity contribution in [3.05, 3.63) is 48.5 Å². The van der Waals surface area contributed by atoms with Gasteiger partial charge < -0.3 is 19.5 Å². The number of anilines is 1. The summed E-state index contributed by atoms with van der Waals surface area (Å²) in [7, 11) is 0. The first kappa shape index (κ1) is 22.5. The van der Waals surface area contributed by atoms with Crippen LogP contribution in [0.1, 0.15) is 43.3 Å². The Hall–Kier alpha value is -3.93. The first-order valence-electron chi connectivity index (χ1n) is 11.5. The Bertz CT molecular complexity index is 1400. The maximum atomic E-state index is 16.2. The number of amides is 1. The Balaban J connectivity index is 1.35. The Kier molecular flexibility index (Phi) is 4.87. The molecule has 0 unspecified atom stereocenters. The van der Waals surface area contributed by atoms with Gasteiger partial charge in [0.1, 0.15) is 18.0 Å². The van der Waals surface area contributed by atoms with E-state index in [1.807, 2.05) is 0 Å². The minimum absolute atomic E-state index is 0.148. The third kappa shape index (κ3) is 3.20. The molecule has 12 heteroatoms. The Morgan fingerprint density at radius 2 is 1.75 bits per heavy atom. The molecule has 3 aliphatic rings. The van der Waals surface area contributed by atoms with E-state index in [0.29, 0.717) is 12.0 Å². The number of nitrogens with one attached hydrogen (secondary N) is 1. The van der Waals surface area contributed by atoms with E-state index < -0.39 is 47.6 Å². The lowest BCUT2D eigenvalue weighted by Gasteiger charge is -2.32. The highest BCUT2D eigenvalue weighted by atomic mass is 19.1. The predicted octanol–water partition coefficient (Wildman–Crippen LogP) is 2.34. The lowest BCUT2D eigenvalue weighted by Crippen LogP contribution is -2.51. The van der Waals surface area contributed by atoms with Crippen molar-refractivity contribution in [2.45, 2.75) is 56.4 Å². The highest BCUT2D eigenvalue weighted by molar-refractivity contribution is 6.06. The number of hydrogen-bond acceptors (Lipinski definition) is 9. The zero-order valence-electron chi connectivity index (χ0n) is 19.4. The van der Waals surface area contributed by atoms with Gasteiger partial charge in [-0.1, -0.05) is 18.2 Å². The maximum absolute atomic E-state index is 16.2. The fourth-order valence-electron chi connectivity index (χ4n) is 5.71. The number of carbonyl (C=O) groups is 3. The molecule has 6 atom stereocenters. The molecule has 0 spiro atoms.